The fraction of sp³-hybridized carbons (Fsp3) is 0.240. The van der Waals surface area contributed by atoms with Gasteiger partial charge in [0.1, 0.15) is 18.5 Å². The van der Waals surface area contributed by atoms with Crippen molar-refractivity contribution in [3.05, 3.63) is 88.7 Å². The Morgan fingerprint density at radius 2 is 2.00 bits per heavy atom. The fourth-order valence-corrected chi connectivity index (χ4v) is 4.64. The zero-order valence-corrected chi connectivity index (χ0v) is 19.8. The number of fused-ring (bicyclic) bond motifs is 3. The lowest BCUT2D eigenvalue weighted by Gasteiger charge is -2.25. The molecule has 2 atom stereocenters. The molecular formula is C25H23ClN4O5. The van der Waals surface area contributed by atoms with Crippen molar-refractivity contribution in [2.75, 3.05) is 14.2 Å². The van der Waals surface area contributed by atoms with E-state index in [1.54, 1.807) is 14.2 Å². The maximum Gasteiger partial charge on any atom is 0.375 e. The van der Waals surface area contributed by atoms with Crippen molar-refractivity contribution in [1.29, 1.82) is 0 Å². The average molecular weight is 495 g/mol. The Kier molecular flexibility index (Phi) is 6.19. The molecule has 2 aromatic heterocycles. The summed E-state index contributed by atoms with van der Waals surface area (Å²) in [4.78, 5) is 15.0. The summed E-state index contributed by atoms with van der Waals surface area (Å²) in [6, 6.07) is 15.4. The normalized spacial score (nSPS) is 16.8. The third kappa shape index (κ3) is 4.24. The van der Waals surface area contributed by atoms with Crippen molar-refractivity contribution in [1.82, 2.24) is 19.3 Å². The van der Waals surface area contributed by atoms with Gasteiger partial charge in [0, 0.05) is 28.9 Å². The summed E-state index contributed by atoms with van der Waals surface area (Å²) in [6.45, 7) is 0.412. The van der Waals surface area contributed by atoms with Crippen molar-refractivity contribution in [3.8, 4) is 17.2 Å². The van der Waals surface area contributed by atoms with E-state index in [1.165, 1.54) is 11.0 Å². The summed E-state index contributed by atoms with van der Waals surface area (Å²) in [5.74, 6) is -0.225. The summed E-state index contributed by atoms with van der Waals surface area (Å²) in [7, 11) is 3.20. The number of aryl methyl sites for hydroxylation is 1. The Bertz CT molecular complexity index is 1380. The Morgan fingerprint density at radius 3 is 2.74 bits per heavy atom. The van der Waals surface area contributed by atoms with Crippen LogP contribution in [0.25, 0.3) is 5.69 Å². The van der Waals surface area contributed by atoms with Gasteiger partial charge in [-0.1, -0.05) is 23.7 Å². The Morgan fingerprint density at radius 1 is 1.14 bits per heavy atom. The third-order valence-electron chi connectivity index (χ3n) is 6.01. The lowest BCUT2D eigenvalue weighted by atomic mass is 9.98. The predicted octanol–water partition coefficient (Wildman–Crippen LogP) is 4.69. The van der Waals surface area contributed by atoms with E-state index in [2.05, 4.69) is 14.6 Å². The minimum atomic E-state index is -1.17. The van der Waals surface area contributed by atoms with Crippen LogP contribution in [-0.4, -0.2) is 44.6 Å². The van der Waals surface area contributed by atoms with E-state index in [0.717, 1.165) is 22.5 Å². The summed E-state index contributed by atoms with van der Waals surface area (Å²) in [5.41, 5.74) is 3.59. The zero-order valence-electron chi connectivity index (χ0n) is 19.1. The van der Waals surface area contributed by atoms with Crippen molar-refractivity contribution in [2.24, 2.45) is 0 Å². The molecule has 0 unspecified atom stereocenters. The largest absolute Gasteiger partial charge is 0.493 e. The van der Waals surface area contributed by atoms with E-state index >= 15 is 0 Å². The number of carbonyl (C=O) groups is 1. The van der Waals surface area contributed by atoms with Crippen LogP contribution in [0, 0.1) is 0 Å². The molecule has 1 N–H and O–H groups in total. The molecule has 1 aliphatic heterocycles. The maximum atomic E-state index is 11.2. The van der Waals surface area contributed by atoms with Crippen molar-refractivity contribution < 1.29 is 24.1 Å². The van der Waals surface area contributed by atoms with Crippen LogP contribution in [0.1, 0.15) is 46.1 Å². The number of para-hydroxylation sites is 1. The topological polar surface area (TPSA) is 101 Å². The number of aromatic nitrogens is 4. The fourth-order valence-electron chi connectivity index (χ4n) is 4.46. The molecule has 0 saturated carbocycles. The van der Waals surface area contributed by atoms with Crippen molar-refractivity contribution >= 4 is 17.6 Å². The van der Waals surface area contributed by atoms with Gasteiger partial charge in [0.15, 0.2) is 11.5 Å². The number of ether oxygens (including phenoxy) is 3. The van der Waals surface area contributed by atoms with Crippen molar-refractivity contribution in [3.63, 3.8) is 0 Å². The summed E-state index contributed by atoms with van der Waals surface area (Å²) >= 11 is 6.43. The van der Waals surface area contributed by atoms with Crippen LogP contribution < -0.4 is 9.47 Å². The number of hydrogen-bond acceptors (Lipinski definition) is 6. The van der Waals surface area contributed by atoms with E-state index in [4.69, 9.17) is 30.9 Å². The SMILES string of the molecule is COc1cccc([C@H]2O[C@H](CCn3cnc(C(=O)O)n3)c3cccn3-c3ccc(Cl)cc32)c1OC. The Hall–Kier alpha value is -3.82. The van der Waals surface area contributed by atoms with Gasteiger partial charge >= 0.3 is 5.97 Å². The molecule has 0 radical (unpaired) electrons. The molecule has 0 bridgehead atoms. The van der Waals surface area contributed by atoms with Gasteiger partial charge in [-0.05, 0) is 42.8 Å². The lowest BCUT2D eigenvalue weighted by molar-refractivity contribution is -0.00169. The Balaban J connectivity index is 1.59. The van der Waals surface area contributed by atoms with E-state index in [1.807, 2.05) is 54.7 Å². The number of carboxylic acid groups (broad SMARTS) is 1. The second-order valence-corrected chi connectivity index (χ2v) is 8.46. The van der Waals surface area contributed by atoms with Crippen LogP contribution in [0.5, 0.6) is 11.5 Å². The van der Waals surface area contributed by atoms with Gasteiger partial charge in [0.2, 0.25) is 0 Å². The molecule has 0 amide bonds. The van der Waals surface area contributed by atoms with Crippen molar-refractivity contribution in [2.45, 2.75) is 25.2 Å². The molecule has 0 saturated heterocycles. The van der Waals surface area contributed by atoms with Crippen LogP contribution in [0.3, 0.4) is 0 Å². The second kappa shape index (κ2) is 9.44. The smallest absolute Gasteiger partial charge is 0.375 e. The highest BCUT2D eigenvalue weighted by molar-refractivity contribution is 6.30. The van der Waals surface area contributed by atoms with Gasteiger partial charge < -0.3 is 23.9 Å². The average Bonchev–Trinajstić information content (AvgIpc) is 3.52. The number of methoxy groups -OCH3 is 2. The molecule has 3 heterocycles. The highest BCUT2D eigenvalue weighted by atomic mass is 35.5. The quantitative estimate of drug-likeness (QED) is 0.397. The van der Waals surface area contributed by atoms with Gasteiger partial charge in [0.05, 0.1) is 25.6 Å². The molecular weight excluding hydrogens is 472 g/mol. The number of rotatable bonds is 7. The second-order valence-electron chi connectivity index (χ2n) is 8.02. The van der Waals surface area contributed by atoms with Crippen LogP contribution in [0.15, 0.2) is 61.1 Å². The number of nitrogens with zero attached hydrogens (tertiary/aromatic N) is 4. The molecule has 180 valence electrons. The van der Waals surface area contributed by atoms with E-state index in [9.17, 15) is 4.79 Å². The molecule has 0 fully saturated rings. The molecule has 2 aromatic carbocycles. The van der Waals surface area contributed by atoms with Gasteiger partial charge in [-0.15, -0.1) is 5.10 Å². The number of carboxylic acids is 1. The molecule has 1 aliphatic rings. The lowest BCUT2D eigenvalue weighted by Crippen LogP contribution is -2.14. The molecule has 0 aliphatic carbocycles. The first-order valence-electron chi connectivity index (χ1n) is 11.0. The summed E-state index contributed by atoms with van der Waals surface area (Å²) in [6.07, 6.45) is 3.06. The van der Waals surface area contributed by atoms with Crippen LogP contribution in [0.4, 0.5) is 0 Å². The Labute approximate surface area is 206 Å². The number of halogens is 1. The van der Waals surface area contributed by atoms with Crippen LogP contribution >= 0.6 is 11.6 Å². The molecule has 35 heavy (non-hydrogen) atoms. The van der Waals surface area contributed by atoms with E-state index in [0.29, 0.717) is 29.5 Å². The van der Waals surface area contributed by atoms with Gasteiger partial charge in [-0.3, -0.25) is 4.68 Å². The highest BCUT2D eigenvalue weighted by Gasteiger charge is 2.33. The minimum Gasteiger partial charge on any atom is -0.493 e. The molecule has 10 heteroatoms. The first-order valence-corrected chi connectivity index (χ1v) is 11.3. The molecule has 4 aromatic rings. The standard InChI is InChI=1S/C25H23ClN4O5/c1-33-21-7-3-5-16(23(21)34-2)22-17-13-15(26)8-9-18(17)30-11-4-6-19(30)20(35-22)10-12-29-14-27-24(28-29)25(31)32/h3-9,11,13-14,20,22H,10,12H2,1-2H3,(H,31,32)/t20-,22-/m1/s1. The van der Waals surface area contributed by atoms with Gasteiger partial charge in [-0.25, -0.2) is 9.78 Å². The van der Waals surface area contributed by atoms with Crippen LogP contribution in [-0.2, 0) is 11.3 Å². The predicted molar refractivity (Wildman–Crippen MR) is 128 cm³/mol. The van der Waals surface area contributed by atoms with Gasteiger partial charge in [0.25, 0.3) is 5.82 Å². The first-order chi connectivity index (χ1) is 17.0. The highest BCUT2D eigenvalue weighted by Crippen LogP contribution is 2.46. The molecule has 0 spiro atoms. The monoisotopic (exact) mass is 494 g/mol. The summed E-state index contributed by atoms with van der Waals surface area (Å²) in [5, 5.41) is 13.8. The summed E-state index contributed by atoms with van der Waals surface area (Å²) < 4.78 is 21.7. The molecule has 5 rings (SSSR count). The number of hydrogen-bond donors (Lipinski definition) is 1. The maximum absolute atomic E-state index is 11.2. The minimum absolute atomic E-state index is 0.240. The molecule has 9 nitrogen and oxygen atoms in total. The van der Waals surface area contributed by atoms with Crippen LogP contribution in [0.2, 0.25) is 5.02 Å². The third-order valence-corrected chi connectivity index (χ3v) is 6.24. The first kappa shape index (κ1) is 22.9. The van der Waals surface area contributed by atoms with E-state index in [-0.39, 0.29) is 11.9 Å². The van der Waals surface area contributed by atoms with E-state index < -0.39 is 12.1 Å². The number of benzene rings is 2. The van der Waals surface area contributed by atoms with Gasteiger partial charge in [-0.2, -0.15) is 0 Å². The number of aromatic carboxylic acids is 1. The zero-order chi connectivity index (χ0) is 24.5.